The quantitative estimate of drug-likeness (QED) is 0.640. The van der Waals surface area contributed by atoms with Gasteiger partial charge in [0.2, 0.25) is 0 Å². The number of hydrogen-bond donors (Lipinski definition) is 0. The molecule has 0 nitrogen and oxygen atoms in total. The molecule has 2 rings (SSSR count). The van der Waals surface area contributed by atoms with E-state index < -0.39 is 0 Å². The summed E-state index contributed by atoms with van der Waals surface area (Å²) < 4.78 is 1.13. The summed E-state index contributed by atoms with van der Waals surface area (Å²) in [5.41, 5.74) is 0. The van der Waals surface area contributed by atoms with E-state index in [0.29, 0.717) is 0 Å². The lowest BCUT2D eigenvalue weighted by molar-refractivity contribution is 1.75. The van der Waals surface area contributed by atoms with Gasteiger partial charge in [0, 0.05) is 9.35 Å². The van der Waals surface area contributed by atoms with Crippen LogP contribution in [-0.2, 0) is 0 Å². The number of rotatable bonds is 0. The van der Waals surface area contributed by atoms with Crippen molar-refractivity contribution >= 4 is 38.0 Å². The molecule has 1 aromatic heterocycles. The van der Waals surface area contributed by atoms with Gasteiger partial charge >= 0.3 is 0 Å². The van der Waals surface area contributed by atoms with E-state index in [0.717, 1.165) is 9.35 Å². The Bertz CT molecular complexity index is 389. The Kier molecular flexibility index (Phi) is 1.74. The van der Waals surface area contributed by atoms with Gasteiger partial charge in [0.1, 0.15) is 0 Å². The average Bonchev–Trinajstić information content (AvgIpc) is 2.32. The van der Waals surface area contributed by atoms with Gasteiger partial charge < -0.3 is 0 Å². The summed E-state index contributed by atoms with van der Waals surface area (Å²) in [6, 6.07) is 6.25. The van der Waals surface area contributed by atoms with Gasteiger partial charge in [0.05, 0.1) is 0 Å². The van der Waals surface area contributed by atoms with Crippen LogP contribution in [0.5, 0.6) is 0 Å². The lowest BCUT2D eigenvalue weighted by Crippen LogP contribution is -1.66. The van der Waals surface area contributed by atoms with Gasteiger partial charge in [-0.3, -0.25) is 0 Å². The molecule has 55 valence electrons. The van der Waals surface area contributed by atoms with Crippen molar-refractivity contribution in [3.8, 4) is 0 Å². The minimum absolute atomic E-state index is 1.13. The number of hydrogen-bond acceptors (Lipinski definition) is 1. The van der Waals surface area contributed by atoms with Crippen LogP contribution in [-0.4, -0.2) is 0 Å². The maximum Gasteiger partial charge on any atom is 0.0181 e. The average molecular weight is 226 g/mol. The predicted octanol–water partition coefficient (Wildman–Crippen LogP) is 3.85. The largest absolute Gasteiger partial charge is 0.148 e. The highest BCUT2D eigenvalue weighted by Crippen LogP contribution is 2.27. The monoisotopic (exact) mass is 225 g/mol. The Balaban J connectivity index is 2.86. The third-order valence-corrected chi connectivity index (χ3v) is 3.01. The number of halogens is 1. The van der Waals surface area contributed by atoms with Crippen LogP contribution in [0.15, 0.2) is 28.1 Å². The van der Waals surface area contributed by atoms with E-state index in [4.69, 9.17) is 0 Å². The zero-order valence-corrected chi connectivity index (χ0v) is 8.21. The van der Waals surface area contributed by atoms with E-state index in [-0.39, 0.29) is 0 Å². The molecular weight excluding hydrogens is 220 g/mol. The number of benzene rings is 1. The molecule has 0 aliphatic rings. The Labute approximate surface area is 78.0 Å². The normalized spacial score (nSPS) is 10.7. The molecule has 0 unspecified atom stereocenters. The van der Waals surface area contributed by atoms with Crippen molar-refractivity contribution in [2.24, 2.45) is 0 Å². The highest BCUT2D eigenvalue weighted by Gasteiger charge is 1.98. The summed E-state index contributed by atoms with van der Waals surface area (Å²) in [6.07, 6.45) is 0. The van der Waals surface area contributed by atoms with Crippen molar-refractivity contribution in [1.29, 1.82) is 0 Å². The Morgan fingerprint density at radius 3 is 3.00 bits per heavy atom. The highest BCUT2D eigenvalue weighted by atomic mass is 79.9. The van der Waals surface area contributed by atoms with Crippen LogP contribution in [0.3, 0.4) is 0 Å². The topological polar surface area (TPSA) is 0 Å². The fourth-order valence-corrected chi connectivity index (χ4v) is 2.24. The molecule has 1 heterocycles. The Hall–Kier alpha value is -0.340. The fourth-order valence-electron chi connectivity index (χ4n) is 1.08. The molecule has 0 N–H and O–H groups in total. The molecule has 0 bridgehead atoms. The first-order valence-corrected chi connectivity index (χ1v) is 4.93. The van der Waals surface area contributed by atoms with Gasteiger partial charge in [-0.05, 0) is 35.2 Å². The van der Waals surface area contributed by atoms with Gasteiger partial charge in [-0.2, -0.15) is 0 Å². The molecule has 0 spiro atoms. The first-order valence-electron chi connectivity index (χ1n) is 3.26. The first kappa shape index (κ1) is 7.32. The molecule has 2 aromatic rings. The van der Waals surface area contributed by atoms with Crippen molar-refractivity contribution in [2.75, 3.05) is 0 Å². The zero-order valence-electron chi connectivity index (χ0n) is 5.80. The van der Waals surface area contributed by atoms with Gasteiger partial charge in [-0.15, -0.1) is 11.3 Å². The Morgan fingerprint density at radius 1 is 1.36 bits per heavy atom. The smallest absolute Gasteiger partial charge is 0.0181 e. The molecule has 1 aromatic carbocycles. The minimum Gasteiger partial charge on any atom is -0.148 e. The molecule has 0 fully saturated rings. The van der Waals surface area contributed by atoms with Crippen LogP contribution in [0.25, 0.3) is 10.8 Å². The van der Waals surface area contributed by atoms with E-state index >= 15 is 0 Å². The van der Waals surface area contributed by atoms with Gasteiger partial charge in [0.15, 0.2) is 0 Å². The highest BCUT2D eigenvalue weighted by molar-refractivity contribution is 9.10. The van der Waals surface area contributed by atoms with Crippen LogP contribution in [0, 0.1) is 6.92 Å². The van der Waals surface area contributed by atoms with Crippen molar-refractivity contribution in [2.45, 2.75) is 0 Å². The Morgan fingerprint density at radius 2 is 2.18 bits per heavy atom. The fraction of sp³-hybridized carbons (Fsp3) is 0. The molecular formula is C9H6BrS. The predicted molar refractivity (Wildman–Crippen MR) is 54.0 cm³/mol. The van der Waals surface area contributed by atoms with Crippen LogP contribution in [0.1, 0.15) is 4.88 Å². The second-order valence-electron chi connectivity index (χ2n) is 2.39. The van der Waals surface area contributed by atoms with Gasteiger partial charge in [0.25, 0.3) is 0 Å². The molecule has 0 atom stereocenters. The maximum absolute atomic E-state index is 3.94. The standard InChI is InChI=1S/C9H6BrS/c1-6-9-3-2-8(10)4-7(9)5-11-6/h2-5H,1H2. The number of fused-ring (bicyclic) bond motifs is 1. The SMILES string of the molecule is [CH2]c1scc2cc(Br)ccc12. The first-order chi connectivity index (χ1) is 5.27. The second-order valence-corrected chi connectivity index (χ2v) is 4.27. The van der Waals surface area contributed by atoms with Crippen LogP contribution >= 0.6 is 27.3 Å². The number of thiophene rings is 1. The summed E-state index contributed by atoms with van der Waals surface area (Å²) in [5, 5.41) is 4.66. The van der Waals surface area contributed by atoms with Gasteiger partial charge in [-0.25, -0.2) is 0 Å². The van der Waals surface area contributed by atoms with Crippen molar-refractivity contribution in [1.82, 2.24) is 0 Å². The van der Waals surface area contributed by atoms with Crippen LogP contribution in [0.2, 0.25) is 0 Å². The summed E-state index contributed by atoms with van der Waals surface area (Å²) in [6.45, 7) is 3.94. The summed E-state index contributed by atoms with van der Waals surface area (Å²) in [7, 11) is 0. The van der Waals surface area contributed by atoms with Crippen molar-refractivity contribution in [3.63, 3.8) is 0 Å². The summed E-state index contributed by atoms with van der Waals surface area (Å²) in [4.78, 5) is 1.15. The van der Waals surface area contributed by atoms with Crippen LogP contribution < -0.4 is 0 Å². The zero-order chi connectivity index (χ0) is 7.84. The van der Waals surface area contributed by atoms with Gasteiger partial charge in [-0.1, -0.05) is 22.0 Å². The second kappa shape index (κ2) is 2.61. The van der Waals surface area contributed by atoms with E-state index in [1.165, 1.54) is 10.8 Å². The van der Waals surface area contributed by atoms with E-state index in [9.17, 15) is 0 Å². The summed E-state index contributed by atoms with van der Waals surface area (Å²) in [5.74, 6) is 0. The molecule has 1 radical (unpaired) electrons. The summed E-state index contributed by atoms with van der Waals surface area (Å²) >= 11 is 5.12. The molecule has 2 heteroatoms. The third-order valence-electron chi connectivity index (χ3n) is 1.64. The minimum atomic E-state index is 1.13. The molecule has 0 saturated heterocycles. The molecule has 11 heavy (non-hydrogen) atoms. The van der Waals surface area contributed by atoms with E-state index in [1.807, 2.05) is 6.07 Å². The van der Waals surface area contributed by atoms with Crippen molar-refractivity contribution in [3.05, 3.63) is 39.9 Å². The third kappa shape index (κ3) is 1.21. The molecule has 0 aliphatic heterocycles. The lowest BCUT2D eigenvalue weighted by Gasteiger charge is -1.91. The van der Waals surface area contributed by atoms with E-state index in [2.05, 4.69) is 40.4 Å². The lowest BCUT2D eigenvalue weighted by atomic mass is 10.2. The van der Waals surface area contributed by atoms with E-state index in [1.54, 1.807) is 11.3 Å². The molecule has 0 aliphatic carbocycles. The van der Waals surface area contributed by atoms with Crippen LogP contribution in [0.4, 0.5) is 0 Å². The van der Waals surface area contributed by atoms with Crippen molar-refractivity contribution < 1.29 is 0 Å². The maximum atomic E-state index is 3.94. The molecule has 0 saturated carbocycles. The molecule has 0 amide bonds.